The minimum absolute atomic E-state index is 0.0767. The highest BCUT2D eigenvalue weighted by Crippen LogP contribution is 2.27. The summed E-state index contributed by atoms with van der Waals surface area (Å²) in [4.78, 5) is 34.7. The van der Waals surface area contributed by atoms with Crippen LogP contribution < -0.4 is 5.32 Å². The van der Waals surface area contributed by atoms with Crippen LogP contribution in [-0.4, -0.2) is 65.9 Å². The fourth-order valence-electron chi connectivity index (χ4n) is 4.81. The molecule has 0 saturated carbocycles. The maximum Gasteiger partial charge on any atom is 0.227 e. The minimum atomic E-state index is -0.231. The van der Waals surface area contributed by atoms with E-state index in [9.17, 15) is 9.59 Å². The van der Waals surface area contributed by atoms with E-state index >= 15 is 0 Å². The van der Waals surface area contributed by atoms with E-state index in [1.165, 1.54) is 0 Å². The fraction of sp³-hybridized carbons (Fsp3) is 0.480. The van der Waals surface area contributed by atoms with E-state index in [0.29, 0.717) is 32.6 Å². The molecule has 164 valence electrons. The molecule has 0 aliphatic carbocycles. The van der Waals surface area contributed by atoms with Crippen LogP contribution in [0.3, 0.4) is 0 Å². The van der Waals surface area contributed by atoms with Gasteiger partial charge in [0.25, 0.3) is 0 Å². The first-order chi connectivity index (χ1) is 15.2. The van der Waals surface area contributed by atoms with Crippen LogP contribution in [-0.2, 0) is 16.0 Å². The number of nitrogens with one attached hydrogen (secondary N) is 1. The summed E-state index contributed by atoms with van der Waals surface area (Å²) in [5.41, 5.74) is 3.28. The lowest BCUT2D eigenvalue weighted by Gasteiger charge is -2.30. The Morgan fingerprint density at radius 1 is 1.13 bits per heavy atom. The van der Waals surface area contributed by atoms with Crippen molar-refractivity contribution >= 4 is 11.8 Å². The van der Waals surface area contributed by atoms with Gasteiger partial charge < -0.3 is 15.1 Å². The van der Waals surface area contributed by atoms with Crippen molar-refractivity contribution in [1.82, 2.24) is 20.1 Å². The third-order valence-corrected chi connectivity index (χ3v) is 6.58. The number of pyridine rings is 1. The van der Waals surface area contributed by atoms with Crippen molar-refractivity contribution in [2.24, 2.45) is 11.8 Å². The van der Waals surface area contributed by atoms with Gasteiger partial charge in [-0.25, -0.2) is 0 Å². The summed E-state index contributed by atoms with van der Waals surface area (Å²) in [5.74, 6) is 0.223. The molecule has 0 spiro atoms. The Kier molecular flexibility index (Phi) is 6.97. The number of amides is 2. The number of benzene rings is 1. The molecule has 0 bridgehead atoms. The second-order valence-electron chi connectivity index (χ2n) is 8.53. The van der Waals surface area contributed by atoms with E-state index in [2.05, 4.69) is 22.4 Å². The molecule has 2 aliphatic heterocycles. The lowest BCUT2D eigenvalue weighted by atomic mass is 9.91. The molecule has 2 fully saturated rings. The number of piperidine rings is 1. The molecule has 1 atom stereocenters. The summed E-state index contributed by atoms with van der Waals surface area (Å²) in [6.07, 6.45) is 6.02. The molecule has 0 radical (unpaired) electrons. The van der Waals surface area contributed by atoms with Gasteiger partial charge in [-0.3, -0.25) is 14.6 Å². The van der Waals surface area contributed by atoms with Crippen LogP contribution in [0.4, 0.5) is 0 Å². The van der Waals surface area contributed by atoms with Gasteiger partial charge in [-0.05, 0) is 56.5 Å². The predicted molar refractivity (Wildman–Crippen MR) is 121 cm³/mol. The number of hydrogen-bond acceptors (Lipinski definition) is 4. The van der Waals surface area contributed by atoms with Crippen molar-refractivity contribution in [2.75, 3.05) is 39.3 Å². The van der Waals surface area contributed by atoms with Crippen LogP contribution in [0.1, 0.15) is 25.3 Å². The van der Waals surface area contributed by atoms with E-state index in [1.807, 2.05) is 47.2 Å². The summed E-state index contributed by atoms with van der Waals surface area (Å²) in [6.45, 7) is 6.23. The number of carbonyl (C=O) groups excluding carboxylic acids is 2. The highest BCUT2D eigenvalue weighted by Gasteiger charge is 2.34. The number of rotatable bonds is 5. The van der Waals surface area contributed by atoms with Gasteiger partial charge in [-0.1, -0.05) is 30.3 Å². The number of aromatic nitrogens is 1. The third-order valence-electron chi connectivity index (χ3n) is 6.58. The smallest absolute Gasteiger partial charge is 0.227 e. The topological polar surface area (TPSA) is 65.5 Å². The molecule has 6 heteroatoms. The van der Waals surface area contributed by atoms with Gasteiger partial charge in [0.2, 0.25) is 11.8 Å². The summed E-state index contributed by atoms with van der Waals surface area (Å²) in [5, 5.41) is 3.33. The highest BCUT2D eigenvalue weighted by molar-refractivity contribution is 5.83. The van der Waals surface area contributed by atoms with Crippen LogP contribution in [0, 0.1) is 11.8 Å². The van der Waals surface area contributed by atoms with Gasteiger partial charge in [0.1, 0.15) is 0 Å². The fourth-order valence-corrected chi connectivity index (χ4v) is 4.81. The molecule has 4 rings (SSSR count). The maximum absolute atomic E-state index is 13.3. The van der Waals surface area contributed by atoms with Crippen LogP contribution in [0.15, 0.2) is 48.8 Å². The molecule has 2 aliphatic rings. The molecule has 2 saturated heterocycles. The zero-order chi connectivity index (χ0) is 21.6. The summed E-state index contributed by atoms with van der Waals surface area (Å²) in [6, 6.07) is 12.2. The van der Waals surface area contributed by atoms with E-state index in [0.717, 1.165) is 42.6 Å². The average Bonchev–Trinajstić information content (AvgIpc) is 2.99. The first-order valence-corrected chi connectivity index (χ1v) is 11.4. The zero-order valence-corrected chi connectivity index (χ0v) is 18.3. The first kappa shape index (κ1) is 21.5. The van der Waals surface area contributed by atoms with Crippen molar-refractivity contribution in [2.45, 2.75) is 26.2 Å². The first-order valence-electron chi connectivity index (χ1n) is 11.4. The van der Waals surface area contributed by atoms with E-state index < -0.39 is 0 Å². The van der Waals surface area contributed by atoms with Crippen molar-refractivity contribution in [3.05, 3.63) is 54.4 Å². The molecule has 1 aromatic carbocycles. The molecule has 3 heterocycles. The largest absolute Gasteiger partial charge is 0.341 e. The van der Waals surface area contributed by atoms with Gasteiger partial charge in [-0.2, -0.15) is 0 Å². The van der Waals surface area contributed by atoms with Crippen molar-refractivity contribution in [1.29, 1.82) is 0 Å². The number of likely N-dealkylation sites (N-methyl/N-ethyl adjacent to an activating group) is 1. The molecule has 2 amide bonds. The number of carbonyl (C=O) groups is 2. The van der Waals surface area contributed by atoms with E-state index in [1.54, 1.807) is 6.20 Å². The van der Waals surface area contributed by atoms with Gasteiger partial charge in [-0.15, -0.1) is 0 Å². The monoisotopic (exact) mass is 420 g/mol. The van der Waals surface area contributed by atoms with Gasteiger partial charge in [0.15, 0.2) is 0 Å². The number of hydrogen-bond donors (Lipinski definition) is 1. The van der Waals surface area contributed by atoms with Gasteiger partial charge in [0, 0.05) is 50.1 Å². The van der Waals surface area contributed by atoms with Gasteiger partial charge in [0.05, 0.1) is 5.92 Å². The Balaban J connectivity index is 1.58. The normalized spacial score (nSPS) is 20.5. The van der Waals surface area contributed by atoms with Gasteiger partial charge >= 0.3 is 0 Å². The lowest BCUT2D eigenvalue weighted by molar-refractivity contribution is -0.137. The molecule has 1 unspecified atom stereocenters. The second kappa shape index (κ2) is 10.1. The standard InChI is InChI=1S/C25H32N4O2/c1-2-28-14-15-29(24(30)19-9-12-26-13-10-19)18-22(25(28)31)16-20-6-3-4-8-23(20)21-7-5-11-27-17-21/h3-8,11,17,19,22,26H,2,9-10,12-16,18H2,1H3. The third kappa shape index (κ3) is 4.96. The summed E-state index contributed by atoms with van der Waals surface area (Å²) < 4.78 is 0. The molecule has 2 aromatic rings. The maximum atomic E-state index is 13.3. The predicted octanol–water partition coefficient (Wildman–Crippen LogP) is 2.60. The molecular weight excluding hydrogens is 388 g/mol. The Morgan fingerprint density at radius 2 is 1.94 bits per heavy atom. The van der Waals surface area contributed by atoms with Crippen LogP contribution in [0.2, 0.25) is 0 Å². The second-order valence-corrected chi connectivity index (χ2v) is 8.53. The average molecular weight is 421 g/mol. The highest BCUT2D eigenvalue weighted by atomic mass is 16.2. The SMILES string of the molecule is CCN1CCN(C(=O)C2CCNCC2)CC(Cc2ccccc2-c2cccnc2)C1=O. The molecule has 1 N–H and O–H groups in total. The Bertz CT molecular complexity index is 895. The summed E-state index contributed by atoms with van der Waals surface area (Å²) in [7, 11) is 0. The van der Waals surface area contributed by atoms with Crippen molar-refractivity contribution in [3.8, 4) is 11.1 Å². The molecule has 1 aromatic heterocycles. The van der Waals surface area contributed by atoms with Crippen LogP contribution in [0.25, 0.3) is 11.1 Å². The van der Waals surface area contributed by atoms with Crippen molar-refractivity contribution < 1.29 is 9.59 Å². The number of nitrogens with zero attached hydrogens (tertiary/aromatic N) is 3. The Morgan fingerprint density at radius 3 is 2.68 bits per heavy atom. The minimum Gasteiger partial charge on any atom is -0.341 e. The van der Waals surface area contributed by atoms with Crippen molar-refractivity contribution in [3.63, 3.8) is 0 Å². The lowest BCUT2D eigenvalue weighted by Crippen LogP contribution is -2.43. The molecular formula is C25H32N4O2. The summed E-state index contributed by atoms with van der Waals surface area (Å²) >= 11 is 0. The van der Waals surface area contributed by atoms with E-state index in [-0.39, 0.29) is 23.7 Å². The zero-order valence-electron chi connectivity index (χ0n) is 18.3. The quantitative estimate of drug-likeness (QED) is 0.808. The Hall–Kier alpha value is -2.73. The van der Waals surface area contributed by atoms with E-state index in [4.69, 9.17) is 0 Å². The Labute approximate surface area is 184 Å². The van der Waals surface area contributed by atoms with Crippen LogP contribution in [0.5, 0.6) is 0 Å². The molecule has 6 nitrogen and oxygen atoms in total. The molecule has 31 heavy (non-hydrogen) atoms. The van der Waals surface area contributed by atoms with Crippen LogP contribution >= 0.6 is 0 Å².